The molecule has 1 unspecified atom stereocenters. The minimum atomic E-state index is -0.372. The summed E-state index contributed by atoms with van der Waals surface area (Å²) in [5, 5.41) is 11.9. The second kappa shape index (κ2) is 7.00. The molecule has 1 aliphatic heterocycles. The third kappa shape index (κ3) is 3.56. The van der Waals surface area contributed by atoms with E-state index in [1.807, 2.05) is 4.90 Å². The third-order valence-electron chi connectivity index (χ3n) is 3.95. The van der Waals surface area contributed by atoms with Crippen molar-refractivity contribution in [3.05, 3.63) is 51.3 Å². The molecule has 1 atom stereocenters. The van der Waals surface area contributed by atoms with Gasteiger partial charge >= 0.3 is 5.69 Å². The standard InChI is InChI=1S/C16H17ClN4O3/c1-11-6-7-18-16(15(11)21(22)23)20-8-2-3-13(10-20)24-14-5-4-12(17)9-19-14/h4-7,9,13H,2-3,8,10H2,1H3. The van der Waals surface area contributed by atoms with Crippen molar-refractivity contribution in [3.8, 4) is 5.88 Å². The number of pyridine rings is 2. The summed E-state index contributed by atoms with van der Waals surface area (Å²) in [7, 11) is 0. The fraction of sp³-hybridized carbons (Fsp3) is 0.375. The zero-order valence-electron chi connectivity index (χ0n) is 13.2. The molecular weight excluding hydrogens is 332 g/mol. The van der Waals surface area contributed by atoms with Crippen LogP contribution in [0.4, 0.5) is 11.5 Å². The molecule has 1 fully saturated rings. The molecule has 0 radical (unpaired) electrons. The molecule has 0 spiro atoms. The van der Waals surface area contributed by atoms with Crippen LogP contribution in [-0.4, -0.2) is 34.1 Å². The molecule has 126 valence electrons. The van der Waals surface area contributed by atoms with Gasteiger partial charge in [-0.3, -0.25) is 10.1 Å². The van der Waals surface area contributed by atoms with E-state index in [0.717, 1.165) is 12.8 Å². The number of piperidine rings is 1. The number of rotatable bonds is 4. The molecule has 1 saturated heterocycles. The fourth-order valence-electron chi connectivity index (χ4n) is 2.82. The first-order valence-corrected chi connectivity index (χ1v) is 8.05. The van der Waals surface area contributed by atoms with Crippen LogP contribution in [0.25, 0.3) is 0 Å². The number of ether oxygens (including phenoxy) is 1. The van der Waals surface area contributed by atoms with Gasteiger partial charge in [0.15, 0.2) is 0 Å². The molecular formula is C16H17ClN4O3. The number of hydrogen-bond acceptors (Lipinski definition) is 6. The second-order valence-corrected chi connectivity index (χ2v) is 6.14. The third-order valence-corrected chi connectivity index (χ3v) is 4.18. The maximum atomic E-state index is 11.4. The van der Waals surface area contributed by atoms with Crippen LogP contribution in [-0.2, 0) is 0 Å². The van der Waals surface area contributed by atoms with Gasteiger partial charge in [-0.05, 0) is 31.9 Å². The highest BCUT2D eigenvalue weighted by molar-refractivity contribution is 6.30. The number of aromatic nitrogens is 2. The molecule has 2 aromatic heterocycles. The largest absolute Gasteiger partial charge is 0.472 e. The van der Waals surface area contributed by atoms with Gasteiger partial charge in [-0.15, -0.1) is 0 Å². The van der Waals surface area contributed by atoms with E-state index in [9.17, 15) is 10.1 Å². The number of halogens is 1. The first kappa shape index (κ1) is 16.4. The van der Waals surface area contributed by atoms with Gasteiger partial charge in [0.05, 0.1) is 16.5 Å². The van der Waals surface area contributed by atoms with E-state index in [-0.39, 0.29) is 16.7 Å². The molecule has 0 aromatic carbocycles. The highest BCUT2D eigenvalue weighted by atomic mass is 35.5. The monoisotopic (exact) mass is 348 g/mol. The Kier molecular flexibility index (Phi) is 4.80. The smallest absolute Gasteiger partial charge is 0.314 e. The lowest BCUT2D eigenvalue weighted by Gasteiger charge is -2.33. The molecule has 0 amide bonds. The zero-order valence-corrected chi connectivity index (χ0v) is 13.9. The molecule has 8 heteroatoms. The maximum Gasteiger partial charge on any atom is 0.314 e. The van der Waals surface area contributed by atoms with E-state index in [1.165, 1.54) is 6.20 Å². The van der Waals surface area contributed by atoms with Crippen molar-refractivity contribution in [2.24, 2.45) is 0 Å². The lowest BCUT2D eigenvalue weighted by molar-refractivity contribution is -0.384. The van der Waals surface area contributed by atoms with Gasteiger partial charge in [-0.1, -0.05) is 11.6 Å². The molecule has 3 heterocycles. The molecule has 0 bridgehead atoms. The SMILES string of the molecule is Cc1ccnc(N2CCCC(Oc3ccc(Cl)cn3)C2)c1[N+](=O)[O-]. The average Bonchev–Trinajstić information content (AvgIpc) is 2.57. The molecule has 7 nitrogen and oxygen atoms in total. The Morgan fingerprint density at radius 1 is 1.38 bits per heavy atom. The molecule has 2 aromatic rings. The number of aryl methyl sites for hydroxylation is 1. The van der Waals surface area contributed by atoms with Gasteiger partial charge in [-0.2, -0.15) is 0 Å². The van der Waals surface area contributed by atoms with Gasteiger partial charge in [0.25, 0.3) is 0 Å². The van der Waals surface area contributed by atoms with E-state index < -0.39 is 0 Å². The van der Waals surface area contributed by atoms with E-state index in [4.69, 9.17) is 16.3 Å². The van der Waals surface area contributed by atoms with E-state index >= 15 is 0 Å². The minimum absolute atomic E-state index is 0.0581. The topological polar surface area (TPSA) is 81.4 Å². The quantitative estimate of drug-likeness (QED) is 0.622. The van der Waals surface area contributed by atoms with Crippen LogP contribution >= 0.6 is 11.6 Å². The highest BCUT2D eigenvalue weighted by Crippen LogP contribution is 2.31. The van der Waals surface area contributed by atoms with Crippen LogP contribution in [0.5, 0.6) is 5.88 Å². The summed E-state index contributed by atoms with van der Waals surface area (Å²) in [4.78, 5) is 21.3. The van der Waals surface area contributed by atoms with Crippen molar-refractivity contribution in [2.75, 3.05) is 18.0 Å². The van der Waals surface area contributed by atoms with Crippen LogP contribution < -0.4 is 9.64 Å². The van der Waals surface area contributed by atoms with Crippen molar-refractivity contribution in [1.29, 1.82) is 0 Å². The van der Waals surface area contributed by atoms with Crippen molar-refractivity contribution < 1.29 is 9.66 Å². The fourth-order valence-corrected chi connectivity index (χ4v) is 2.93. The van der Waals surface area contributed by atoms with Gasteiger partial charge in [0.1, 0.15) is 6.10 Å². The summed E-state index contributed by atoms with van der Waals surface area (Å²) in [5.74, 6) is 0.898. The van der Waals surface area contributed by atoms with E-state index in [2.05, 4.69) is 9.97 Å². The van der Waals surface area contributed by atoms with Crippen molar-refractivity contribution in [2.45, 2.75) is 25.9 Å². The first-order chi connectivity index (χ1) is 11.5. The van der Waals surface area contributed by atoms with Gasteiger partial charge in [-0.25, -0.2) is 9.97 Å². The second-order valence-electron chi connectivity index (χ2n) is 5.70. The van der Waals surface area contributed by atoms with Crippen LogP contribution in [0.2, 0.25) is 5.02 Å². The molecule has 0 saturated carbocycles. The normalized spacial score (nSPS) is 17.6. The first-order valence-electron chi connectivity index (χ1n) is 7.68. The highest BCUT2D eigenvalue weighted by Gasteiger charge is 2.29. The molecule has 0 N–H and O–H groups in total. The summed E-state index contributed by atoms with van der Waals surface area (Å²) in [6.07, 6.45) is 4.76. The molecule has 24 heavy (non-hydrogen) atoms. The molecule has 0 aliphatic carbocycles. The van der Waals surface area contributed by atoms with Crippen LogP contribution in [0.1, 0.15) is 18.4 Å². The number of nitro groups is 1. The van der Waals surface area contributed by atoms with Crippen LogP contribution in [0.3, 0.4) is 0 Å². The molecule has 1 aliphatic rings. The maximum absolute atomic E-state index is 11.4. The van der Waals surface area contributed by atoms with Crippen molar-refractivity contribution in [3.63, 3.8) is 0 Å². The Hall–Kier alpha value is -2.41. The molecule has 3 rings (SSSR count). The number of anilines is 1. The Morgan fingerprint density at radius 3 is 2.92 bits per heavy atom. The average molecular weight is 349 g/mol. The van der Waals surface area contributed by atoms with Crippen LogP contribution in [0, 0.1) is 17.0 Å². The van der Waals surface area contributed by atoms with Crippen molar-refractivity contribution in [1.82, 2.24) is 9.97 Å². The van der Waals surface area contributed by atoms with E-state index in [1.54, 1.807) is 31.3 Å². The summed E-state index contributed by atoms with van der Waals surface area (Å²) < 4.78 is 5.88. The summed E-state index contributed by atoms with van der Waals surface area (Å²) in [5.41, 5.74) is 0.662. The summed E-state index contributed by atoms with van der Waals surface area (Å²) in [6.45, 7) is 2.96. The van der Waals surface area contributed by atoms with Gasteiger partial charge in [0, 0.05) is 30.6 Å². The lowest BCUT2D eigenvalue weighted by atomic mass is 10.1. The van der Waals surface area contributed by atoms with Crippen molar-refractivity contribution >= 4 is 23.1 Å². The Labute approximate surface area is 144 Å². The Balaban J connectivity index is 1.77. The number of hydrogen-bond donors (Lipinski definition) is 0. The van der Waals surface area contributed by atoms with Gasteiger partial charge in [0.2, 0.25) is 11.7 Å². The zero-order chi connectivity index (χ0) is 17.1. The summed E-state index contributed by atoms with van der Waals surface area (Å²) in [6, 6.07) is 5.09. The Bertz CT molecular complexity index is 739. The van der Waals surface area contributed by atoms with E-state index in [0.29, 0.717) is 35.4 Å². The number of nitrogens with zero attached hydrogens (tertiary/aromatic N) is 4. The Morgan fingerprint density at radius 2 is 2.21 bits per heavy atom. The predicted molar refractivity (Wildman–Crippen MR) is 90.7 cm³/mol. The van der Waals surface area contributed by atoms with Gasteiger partial charge < -0.3 is 9.64 Å². The lowest BCUT2D eigenvalue weighted by Crippen LogP contribution is -2.42. The van der Waals surface area contributed by atoms with Crippen LogP contribution in [0.15, 0.2) is 30.6 Å². The summed E-state index contributed by atoms with van der Waals surface area (Å²) >= 11 is 5.82. The minimum Gasteiger partial charge on any atom is -0.472 e. The predicted octanol–water partition coefficient (Wildman–Crippen LogP) is 3.39.